The third-order valence-corrected chi connectivity index (χ3v) is 3.33. The molecule has 0 spiro atoms. The lowest BCUT2D eigenvalue weighted by molar-refractivity contribution is 0.0506. The van der Waals surface area contributed by atoms with Crippen LogP contribution >= 0.6 is 0 Å². The lowest BCUT2D eigenvalue weighted by Crippen LogP contribution is -2.30. The molecule has 0 heterocycles. The minimum atomic E-state index is -0.247. The molecule has 0 bridgehead atoms. The molecule has 0 radical (unpaired) electrons. The summed E-state index contributed by atoms with van der Waals surface area (Å²) in [6.07, 6.45) is 6.36. The molecule has 1 unspecified atom stereocenters. The molecule has 3 heteroatoms. The van der Waals surface area contributed by atoms with Gasteiger partial charge in [0, 0.05) is 12.6 Å². The summed E-state index contributed by atoms with van der Waals surface area (Å²) in [5.41, 5.74) is 0.611. The van der Waals surface area contributed by atoms with Gasteiger partial charge in [-0.15, -0.1) is 0 Å². The molecule has 0 saturated carbocycles. The Kier molecular flexibility index (Phi) is 8.72. The Morgan fingerprint density at radius 1 is 1.20 bits per heavy atom. The molecule has 0 amide bonds. The molecule has 0 aromatic heterocycles. The summed E-state index contributed by atoms with van der Waals surface area (Å²) in [6, 6.07) is 9.60. The van der Waals surface area contributed by atoms with Gasteiger partial charge in [-0.25, -0.2) is 4.79 Å². The van der Waals surface area contributed by atoms with E-state index in [0.717, 1.165) is 0 Å². The van der Waals surface area contributed by atoms with Crippen LogP contribution in [0.5, 0.6) is 0 Å². The maximum absolute atomic E-state index is 11.7. The number of esters is 1. The molecular formula is C17H27NO2. The van der Waals surface area contributed by atoms with Gasteiger partial charge < -0.3 is 10.1 Å². The van der Waals surface area contributed by atoms with E-state index in [1.165, 1.54) is 32.1 Å². The van der Waals surface area contributed by atoms with E-state index >= 15 is 0 Å². The molecular weight excluding hydrogens is 250 g/mol. The molecule has 1 aromatic carbocycles. The minimum Gasteiger partial charge on any atom is -0.461 e. The van der Waals surface area contributed by atoms with Crippen LogP contribution in [-0.4, -0.2) is 25.2 Å². The van der Waals surface area contributed by atoms with Crippen LogP contribution in [0.2, 0.25) is 0 Å². The van der Waals surface area contributed by atoms with Crippen molar-refractivity contribution < 1.29 is 9.53 Å². The van der Waals surface area contributed by atoms with Gasteiger partial charge in [-0.05, 0) is 25.5 Å². The topological polar surface area (TPSA) is 38.3 Å². The highest BCUT2D eigenvalue weighted by Crippen LogP contribution is 2.05. The highest BCUT2D eigenvalue weighted by atomic mass is 16.5. The lowest BCUT2D eigenvalue weighted by Gasteiger charge is -2.13. The Bertz CT molecular complexity index is 365. The summed E-state index contributed by atoms with van der Waals surface area (Å²) in [5.74, 6) is -0.247. The number of carbonyl (C=O) groups excluding carboxylic acids is 1. The highest BCUT2D eigenvalue weighted by molar-refractivity contribution is 5.89. The van der Waals surface area contributed by atoms with E-state index in [4.69, 9.17) is 4.74 Å². The van der Waals surface area contributed by atoms with Crippen LogP contribution in [0.15, 0.2) is 30.3 Å². The van der Waals surface area contributed by atoms with Gasteiger partial charge in [0.1, 0.15) is 6.61 Å². The summed E-state index contributed by atoms with van der Waals surface area (Å²) < 4.78 is 5.22. The van der Waals surface area contributed by atoms with Crippen molar-refractivity contribution >= 4 is 5.97 Å². The van der Waals surface area contributed by atoms with Gasteiger partial charge in [0.05, 0.1) is 5.56 Å². The number of nitrogens with one attached hydrogen (secondary N) is 1. The smallest absolute Gasteiger partial charge is 0.338 e. The molecule has 112 valence electrons. The average molecular weight is 277 g/mol. The van der Waals surface area contributed by atoms with Gasteiger partial charge in [0.25, 0.3) is 0 Å². The molecule has 0 aliphatic carbocycles. The molecule has 0 fully saturated rings. The Balaban J connectivity index is 2.05. The fourth-order valence-electron chi connectivity index (χ4n) is 2.09. The summed E-state index contributed by atoms with van der Waals surface area (Å²) >= 11 is 0. The second-order valence-electron chi connectivity index (χ2n) is 5.21. The Labute approximate surface area is 122 Å². The molecule has 20 heavy (non-hydrogen) atoms. The Hall–Kier alpha value is -1.35. The van der Waals surface area contributed by atoms with Crippen molar-refractivity contribution in [2.75, 3.05) is 13.2 Å². The predicted octanol–water partition coefficient (Wildman–Crippen LogP) is 3.79. The molecule has 3 nitrogen and oxygen atoms in total. The zero-order chi connectivity index (χ0) is 14.6. The fourth-order valence-corrected chi connectivity index (χ4v) is 2.09. The number of hydrogen-bond donors (Lipinski definition) is 1. The molecule has 1 atom stereocenters. The minimum absolute atomic E-state index is 0.247. The molecule has 0 aliphatic rings. The van der Waals surface area contributed by atoms with Crippen molar-refractivity contribution in [2.45, 2.75) is 52.0 Å². The van der Waals surface area contributed by atoms with E-state index in [-0.39, 0.29) is 5.97 Å². The normalized spacial score (nSPS) is 12.1. The van der Waals surface area contributed by atoms with Crippen LogP contribution in [0.25, 0.3) is 0 Å². The number of ether oxygens (including phenoxy) is 1. The van der Waals surface area contributed by atoms with Gasteiger partial charge in [-0.2, -0.15) is 0 Å². The summed E-state index contributed by atoms with van der Waals surface area (Å²) in [7, 11) is 0. The second-order valence-corrected chi connectivity index (χ2v) is 5.21. The molecule has 1 rings (SSSR count). The molecule has 0 aliphatic heterocycles. The fraction of sp³-hybridized carbons (Fsp3) is 0.588. The van der Waals surface area contributed by atoms with Crippen molar-refractivity contribution in [1.29, 1.82) is 0 Å². The largest absolute Gasteiger partial charge is 0.461 e. The van der Waals surface area contributed by atoms with Gasteiger partial charge in [-0.1, -0.05) is 50.8 Å². The third kappa shape index (κ3) is 7.29. The maximum atomic E-state index is 11.7. The van der Waals surface area contributed by atoms with Crippen LogP contribution < -0.4 is 5.32 Å². The van der Waals surface area contributed by atoms with E-state index in [1.54, 1.807) is 12.1 Å². The zero-order valence-electron chi connectivity index (χ0n) is 12.7. The first-order valence-corrected chi connectivity index (χ1v) is 7.69. The van der Waals surface area contributed by atoms with E-state index in [9.17, 15) is 4.79 Å². The summed E-state index contributed by atoms with van der Waals surface area (Å²) in [6.45, 7) is 5.55. The standard InChI is InChI=1S/C17H27NO2/c1-3-4-5-7-10-15(2)18-13-14-20-17(19)16-11-8-6-9-12-16/h6,8-9,11-12,15,18H,3-5,7,10,13-14H2,1-2H3. The molecule has 1 aromatic rings. The number of carbonyl (C=O) groups is 1. The van der Waals surface area contributed by atoms with Gasteiger partial charge in [-0.3, -0.25) is 0 Å². The van der Waals surface area contributed by atoms with Crippen LogP contribution in [0.4, 0.5) is 0 Å². The lowest BCUT2D eigenvalue weighted by atomic mass is 10.1. The quantitative estimate of drug-likeness (QED) is 0.522. The monoisotopic (exact) mass is 277 g/mol. The van der Waals surface area contributed by atoms with E-state index < -0.39 is 0 Å². The highest BCUT2D eigenvalue weighted by Gasteiger charge is 2.06. The number of rotatable bonds is 10. The first kappa shape index (κ1) is 16.7. The number of unbranched alkanes of at least 4 members (excludes halogenated alkanes) is 3. The van der Waals surface area contributed by atoms with Crippen molar-refractivity contribution in [2.24, 2.45) is 0 Å². The van der Waals surface area contributed by atoms with Crippen LogP contribution in [0.3, 0.4) is 0 Å². The van der Waals surface area contributed by atoms with Gasteiger partial charge in [0.15, 0.2) is 0 Å². The SMILES string of the molecule is CCCCCCC(C)NCCOC(=O)c1ccccc1. The summed E-state index contributed by atoms with van der Waals surface area (Å²) in [4.78, 5) is 11.7. The Morgan fingerprint density at radius 2 is 1.95 bits per heavy atom. The first-order valence-electron chi connectivity index (χ1n) is 7.69. The van der Waals surface area contributed by atoms with E-state index in [1.807, 2.05) is 18.2 Å². The van der Waals surface area contributed by atoms with Crippen molar-refractivity contribution in [3.05, 3.63) is 35.9 Å². The molecule has 0 saturated heterocycles. The van der Waals surface area contributed by atoms with E-state index in [2.05, 4.69) is 19.2 Å². The molecule has 1 N–H and O–H groups in total. The van der Waals surface area contributed by atoms with Crippen molar-refractivity contribution in [3.8, 4) is 0 Å². The van der Waals surface area contributed by atoms with Crippen LogP contribution in [0.1, 0.15) is 56.3 Å². The van der Waals surface area contributed by atoms with E-state index in [0.29, 0.717) is 24.8 Å². The third-order valence-electron chi connectivity index (χ3n) is 3.33. The van der Waals surface area contributed by atoms with Crippen LogP contribution in [-0.2, 0) is 4.74 Å². The zero-order valence-corrected chi connectivity index (χ0v) is 12.7. The van der Waals surface area contributed by atoms with Crippen LogP contribution in [0, 0.1) is 0 Å². The van der Waals surface area contributed by atoms with Gasteiger partial charge in [0.2, 0.25) is 0 Å². The summed E-state index contributed by atoms with van der Waals surface area (Å²) in [5, 5.41) is 3.39. The second kappa shape index (κ2) is 10.4. The first-order chi connectivity index (χ1) is 9.74. The van der Waals surface area contributed by atoms with Crippen molar-refractivity contribution in [3.63, 3.8) is 0 Å². The number of hydrogen-bond acceptors (Lipinski definition) is 3. The van der Waals surface area contributed by atoms with Gasteiger partial charge >= 0.3 is 5.97 Å². The number of benzene rings is 1. The maximum Gasteiger partial charge on any atom is 0.338 e. The van der Waals surface area contributed by atoms with Crippen molar-refractivity contribution in [1.82, 2.24) is 5.32 Å². The average Bonchev–Trinajstić information content (AvgIpc) is 2.49. The predicted molar refractivity (Wildman–Crippen MR) is 82.9 cm³/mol. The Morgan fingerprint density at radius 3 is 2.65 bits per heavy atom.